The van der Waals surface area contributed by atoms with E-state index in [1.165, 1.54) is 5.56 Å². The monoisotopic (exact) mass is 231 g/mol. The number of imidazole rings is 1. The van der Waals surface area contributed by atoms with E-state index < -0.39 is 0 Å². The zero-order valence-corrected chi connectivity index (χ0v) is 10.6. The van der Waals surface area contributed by atoms with Crippen molar-refractivity contribution in [3.8, 4) is 17.0 Å². The molecule has 1 aromatic carbocycles. The van der Waals surface area contributed by atoms with Crippen molar-refractivity contribution in [1.29, 1.82) is 0 Å². The highest BCUT2D eigenvalue weighted by Crippen LogP contribution is 2.32. The number of benzene rings is 1. The molecule has 0 atom stereocenters. The summed E-state index contributed by atoms with van der Waals surface area (Å²) in [6.07, 6.45) is 0. The van der Waals surface area contributed by atoms with E-state index in [1.807, 2.05) is 37.6 Å². The minimum absolute atomic E-state index is 0.515. The minimum atomic E-state index is 0.515. The van der Waals surface area contributed by atoms with E-state index in [4.69, 9.17) is 10.5 Å². The van der Waals surface area contributed by atoms with Gasteiger partial charge in [0, 0.05) is 18.3 Å². The lowest BCUT2D eigenvalue weighted by molar-refractivity contribution is 0.416. The molecule has 2 aromatic rings. The van der Waals surface area contributed by atoms with Crippen LogP contribution in [0.3, 0.4) is 0 Å². The Morgan fingerprint density at radius 3 is 2.53 bits per heavy atom. The average molecular weight is 231 g/mol. The maximum atomic E-state index is 5.82. The predicted octanol–water partition coefficient (Wildman–Crippen LogP) is 2.29. The van der Waals surface area contributed by atoms with Gasteiger partial charge in [-0.05, 0) is 26.0 Å². The fourth-order valence-corrected chi connectivity index (χ4v) is 1.86. The van der Waals surface area contributed by atoms with Gasteiger partial charge in [0.15, 0.2) is 0 Å². The normalized spacial score (nSPS) is 10.6. The number of aromatic nitrogens is 2. The number of aryl methyl sites for hydroxylation is 1. The van der Waals surface area contributed by atoms with Crippen molar-refractivity contribution in [3.63, 3.8) is 0 Å². The van der Waals surface area contributed by atoms with Gasteiger partial charge in [0.25, 0.3) is 0 Å². The predicted molar refractivity (Wildman–Crippen MR) is 69.1 cm³/mol. The molecule has 90 valence electrons. The first-order chi connectivity index (χ1) is 8.04. The Hall–Kier alpha value is -1.97. The summed E-state index contributed by atoms with van der Waals surface area (Å²) in [6.45, 7) is 4.05. The molecule has 0 spiro atoms. The van der Waals surface area contributed by atoms with Crippen LogP contribution in [0, 0.1) is 13.8 Å². The van der Waals surface area contributed by atoms with Gasteiger partial charge in [-0.2, -0.15) is 0 Å². The SMILES string of the molecule is COc1ccc(C)cc1-c1nc(N)n(C)c1C. The van der Waals surface area contributed by atoms with Crippen LogP contribution in [0.15, 0.2) is 18.2 Å². The van der Waals surface area contributed by atoms with Crippen LogP contribution < -0.4 is 10.5 Å². The third kappa shape index (κ3) is 1.86. The van der Waals surface area contributed by atoms with Crippen LogP contribution in [0.5, 0.6) is 5.75 Å². The van der Waals surface area contributed by atoms with E-state index >= 15 is 0 Å². The number of rotatable bonds is 2. The van der Waals surface area contributed by atoms with Crippen molar-refractivity contribution < 1.29 is 4.74 Å². The zero-order chi connectivity index (χ0) is 12.6. The van der Waals surface area contributed by atoms with Crippen LogP contribution in [-0.4, -0.2) is 16.7 Å². The van der Waals surface area contributed by atoms with Gasteiger partial charge in [-0.25, -0.2) is 4.98 Å². The molecular weight excluding hydrogens is 214 g/mol. The van der Waals surface area contributed by atoms with Crippen LogP contribution in [0.2, 0.25) is 0 Å². The van der Waals surface area contributed by atoms with Crippen molar-refractivity contribution in [3.05, 3.63) is 29.5 Å². The van der Waals surface area contributed by atoms with Crippen LogP contribution in [0.25, 0.3) is 11.3 Å². The first-order valence-electron chi connectivity index (χ1n) is 5.48. The number of methoxy groups -OCH3 is 1. The molecule has 0 fully saturated rings. The second-order valence-electron chi connectivity index (χ2n) is 4.17. The standard InChI is InChI=1S/C13H17N3O/c1-8-5-6-11(17-4)10(7-8)12-9(2)16(3)13(14)15-12/h5-7H,1-4H3,(H2,14,15). The first kappa shape index (κ1) is 11.5. The minimum Gasteiger partial charge on any atom is -0.496 e. The lowest BCUT2D eigenvalue weighted by Gasteiger charge is -2.08. The number of nitrogens with two attached hydrogens (primary N) is 1. The van der Waals surface area contributed by atoms with Crippen LogP contribution in [-0.2, 0) is 7.05 Å². The lowest BCUT2D eigenvalue weighted by atomic mass is 10.1. The van der Waals surface area contributed by atoms with Crippen molar-refractivity contribution >= 4 is 5.95 Å². The maximum Gasteiger partial charge on any atom is 0.200 e. The second kappa shape index (κ2) is 4.13. The van der Waals surface area contributed by atoms with Crippen LogP contribution >= 0.6 is 0 Å². The quantitative estimate of drug-likeness (QED) is 0.862. The van der Waals surface area contributed by atoms with E-state index in [0.29, 0.717) is 5.95 Å². The number of anilines is 1. The zero-order valence-electron chi connectivity index (χ0n) is 10.6. The first-order valence-corrected chi connectivity index (χ1v) is 5.48. The third-order valence-electron chi connectivity index (χ3n) is 3.03. The van der Waals surface area contributed by atoms with E-state index in [1.54, 1.807) is 7.11 Å². The fraction of sp³-hybridized carbons (Fsp3) is 0.308. The molecule has 2 rings (SSSR count). The molecular formula is C13H17N3O. The van der Waals surface area contributed by atoms with Gasteiger partial charge in [0.2, 0.25) is 5.95 Å². The van der Waals surface area contributed by atoms with E-state index in [9.17, 15) is 0 Å². The second-order valence-corrected chi connectivity index (χ2v) is 4.17. The molecule has 0 saturated heterocycles. The van der Waals surface area contributed by atoms with Gasteiger partial charge in [-0.3, -0.25) is 0 Å². The topological polar surface area (TPSA) is 53.1 Å². The van der Waals surface area contributed by atoms with Gasteiger partial charge >= 0.3 is 0 Å². The molecule has 0 amide bonds. The number of hydrogen-bond donors (Lipinski definition) is 1. The molecule has 4 nitrogen and oxygen atoms in total. The summed E-state index contributed by atoms with van der Waals surface area (Å²) in [7, 11) is 3.57. The molecule has 0 bridgehead atoms. The van der Waals surface area contributed by atoms with Gasteiger partial charge in [-0.1, -0.05) is 11.6 Å². The van der Waals surface area contributed by atoms with Crippen molar-refractivity contribution in [2.24, 2.45) is 7.05 Å². The Morgan fingerprint density at radius 2 is 2.00 bits per heavy atom. The van der Waals surface area contributed by atoms with Gasteiger partial charge in [-0.15, -0.1) is 0 Å². The van der Waals surface area contributed by atoms with Gasteiger partial charge in [0.05, 0.1) is 12.8 Å². The Balaban J connectivity index is 2.67. The third-order valence-corrected chi connectivity index (χ3v) is 3.03. The summed E-state index contributed by atoms with van der Waals surface area (Å²) in [6, 6.07) is 6.03. The molecule has 0 aliphatic heterocycles. The molecule has 1 heterocycles. The number of hydrogen-bond acceptors (Lipinski definition) is 3. The van der Waals surface area contributed by atoms with Crippen LogP contribution in [0.4, 0.5) is 5.95 Å². The van der Waals surface area contributed by atoms with Crippen molar-refractivity contribution in [2.75, 3.05) is 12.8 Å². The largest absolute Gasteiger partial charge is 0.496 e. The molecule has 2 N–H and O–H groups in total. The smallest absolute Gasteiger partial charge is 0.200 e. The average Bonchev–Trinajstić information content (AvgIpc) is 2.57. The summed E-state index contributed by atoms with van der Waals surface area (Å²) >= 11 is 0. The Kier molecular flexibility index (Phi) is 2.79. The summed E-state index contributed by atoms with van der Waals surface area (Å²) < 4.78 is 7.24. The Bertz CT molecular complexity index is 558. The number of nitrogens with zero attached hydrogens (tertiary/aromatic N) is 2. The number of ether oxygens (including phenoxy) is 1. The Labute approximate surface area is 101 Å². The van der Waals surface area contributed by atoms with E-state index in [0.717, 1.165) is 22.7 Å². The van der Waals surface area contributed by atoms with Crippen molar-refractivity contribution in [1.82, 2.24) is 9.55 Å². The highest BCUT2D eigenvalue weighted by atomic mass is 16.5. The van der Waals surface area contributed by atoms with Crippen molar-refractivity contribution in [2.45, 2.75) is 13.8 Å². The Morgan fingerprint density at radius 1 is 1.29 bits per heavy atom. The lowest BCUT2D eigenvalue weighted by Crippen LogP contribution is -1.97. The highest BCUT2D eigenvalue weighted by Gasteiger charge is 2.14. The molecule has 0 saturated carbocycles. The molecule has 0 radical (unpaired) electrons. The number of nitrogen functional groups attached to an aromatic ring is 1. The fourth-order valence-electron chi connectivity index (χ4n) is 1.86. The molecule has 4 heteroatoms. The molecule has 0 unspecified atom stereocenters. The summed E-state index contributed by atoms with van der Waals surface area (Å²) in [4.78, 5) is 4.39. The summed E-state index contributed by atoms with van der Waals surface area (Å²) in [5.74, 6) is 1.33. The maximum absolute atomic E-state index is 5.82. The highest BCUT2D eigenvalue weighted by molar-refractivity contribution is 5.71. The van der Waals surface area contributed by atoms with E-state index in [2.05, 4.69) is 11.1 Å². The summed E-state index contributed by atoms with van der Waals surface area (Å²) in [5, 5.41) is 0. The summed E-state index contributed by atoms with van der Waals surface area (Å²) in [5.41, 5.74) is 9.89. The van der Waals surface area contributed by atoms with Gasteiger partial charge in [0.1, 0.15) is 5.75 Å². The van der Waals surface area contributed by atoms with Crippen LogP contribution in [0.1, 0.15) is 11.3 Å². The van der Waals surface area contributed by atoms with Gasteiger partial charge < -0.3 is 15.0 Å². The molecule has 0 aliphatic rings. The molecule has 1 aromatic heterocycles. The van der Waals surface area contributed by atoms with E-state index in [-0.39, 0.29) is 0 Å². The molecule has 17 heavy (non-hydrogen) atoms. The molecule has 0 aliphatic carbocycles.